The molecule has 4 aromatic carbocycles. The first-order valence-electron chi connectivity index (χ1n) is 16.6. The lowest BCUT2D eigenvalue weighted by molar-refractivity contribution is 0.331. The second kappa shape index (κ2) is 14.8. The quantitative estimate of drug-likeness (QED) is 0.129. The Morgan fingerprint density at radius 3 is 1.86 bits per heavy atom. The van der Waals surface area contributed by atoms with Crippen molar-refractivity contribution in [2.24, 2.45) is 0 Å². The van der Waals surface area contributed by atoms with E-state index in [2.05, 4.69) is 69.0 Å². The van der Waals surface area contributed by atoms with Crippen LogP contribution in [0.5, 0.6) is 11.5 Å². The normalized spacial score (nSPS) is 14.0. The van der Waals surface area contributed by atoms with Crippen molar-refractivity contribution in [2.75, 3.05) is 32.2 Å². The lowest BCUT2D eigenvalue weighted by atomic mass is 10.1. The molecule has 0 saturated carbocycles. The minimum Gasteiger partial charge on any atom is -0.497 e. The summed E-state index contributed by atoms with van der Waals surface area (Å²) in [5, 5.41) is 0.947. The summed E-state index contributed by atoms with van der Waals surface area (Å²) < 4.78 is 35.4. The Morgan fingerprint density at radius 2 is 1.29 bits per heavy atom. The summed E-state index contributed by atoms with van der Waals surface area (Å²) in [4.78, 5) is 15.0. The minimum atomic E-state index is -2.09. The van der Waals surface area contributed by atoms with Crippen LogP contribution in [0.4, 0.5) is 5.82 Å². The molecule has 10 heteroatoms. The van der Waals surface area contributed by atoms with E-state index in [1.54, 1.807) is 14.2 Å². The van der Waals surface area contributed by atoms with Crippen LogP contribution in [0.1, 0.15) is 40.9 Å². The summed E-state index contributed by atoms with van der Waals surface area (Å²) in [6, 6.07) is 32.9. The van der Waals surface area contributed by atoms with Crippen molar-refractivity contribution in [1.82, 2.24) is 19.4 Å². The SMILES string of the molecule is COc1ccc(CN(Cc2ccc(OC)cc2)c2nc3ccccc3c3c2nc(CS(=O)O)n3Cc2ccc(CN3CCCC3)cc2)cc1. The minimum absolute atomic E-state index is 0.0908. The number of methoxy groups -OCH3 is 2. The van der Waals surface area contributed by atoms with Crippen LogP contribution in [-0.2, 0) is 43.0 Å². The summed E-state index contributed by atoms with van der Waals surface area (Å²) in [5.41, 5.74) is 7.00. The van der Waals surface area contributed by atoms with Crippen LogP contribution in [-0.4, -0.2) is 55.5 Å². The number of aromatic nitrogens is 3. The molecule has 0 spiro atoms. The first kappa shape index (κ1) is 32.8. The molecule has 1 fully saturated rings. The third-order valence-corrected chi connectivity index (χ3v) is 9.73. The van der Waals surface area contributed by atoms with Gasteiger partial charge in [-0.05, 0) is 78.5 Å². The number of rotatable bonds is 13. The van der Waals surface area contributed by atoms with Crippen LogP contribution in [0.2, 0.25) is 0 Å². The van der Waals surface area contributed by atoms with Crippen molar-refractivity contribution in [2.45, 2.75) is 44.8 Å². The van der Waals surface area contributed by atoms with Crippen molar-refractivity contribution >= 4 is 38.8 Å². The van der Waals surface area contributed by atoms with E-state index in [0.717, 1.165) is 64.2 Å². The van der Waals surface area contributed by atoms with E-state index < -0.39 is 11.1 Å². The maximum atomic E-state index is 12.3. The van der Waals surface area contributed by atoms with Gasteiger partial charge in [0.05, 0.1) is 25.3 Å². The number of likely N-dealkylation sites (tertiary alicyclic amines) is 1. The van der Waals surface area contributed by atoms with Gasteiger partial charge in [0.25, 0.3) is 0 Å². The van der Waals surface area contributed by atoms with Gasteiger partial charge in [0.2, 0.25) is 0 Å². The molecule has 9 nitrogen and oxygen atoms in total. The van der Waals surface area contributed by atoms with Gasteiger partial charge in [-0.1, -0.05) is 66.7 Å². The van der Waals surface area contributed by atoms with Crippen LogP contribution >= 0.6 is 0 Å². The maximum Gasteiger partial charge on any atom is 0.160 e. The molecule has 1 unspecified atom stereocenters. The van der Waals surface area contributed by atoms with Crippen molar-refractivity contribution in [3.05, 3.63) is 125 Å². The average Bonchev–Trinajstić information content (AvgIpc) is 3.77. The molecular weight excluding hydrogens is 635 g/mol. The number of pyridine rings is 1. The van der Waals surface area contributed by atoms with Crippen molar-refractivity contribution < 1.29 is 18.2 Å². The number of para-hydroxylation sites is 1. The Morgan fingerprint density at radius 1 is 0.735 bits per heavy atom. The van der Waals surface area contributed by atoms with E-state index >= 15 is 0 Å². The van der Waals surface area contributed by atoms with Crippen molar-refractivity contribution in [1.29, 1.82) is 0 Å². The molecule has 1 atom stereocenters. The first-order chi connectivity index (χ1) is 24.0. The number of hydrogen-bond acceptors (Lipinski definition) is 7. The third-order valence-electron chi connectivity index (χ3n) is 9.23. The zero-order valence-corrected chi connectivity index (χ0v) is 28.7. The number of fused-ring (bicyclic) bond motifs is 3. The monoisotopic (exact) mass is 675 g/mol. The van der Waals surface area contributed by atoms with Gasteiger partial charge in [-0.3, -0.25) is 4.90 Å². The lowest BCUT2D eigenvalue weighted by Crippen LogP contribution is -2.23. The molecule has 0 bridgehead atoms. The Balaban J connectivity index is 1.34. The zero-order valence-electron chi connectivity index (χ0n) is 27.9. The fraction of sp³-hybridized carbons (Fsp3) is 0.282. The Labute approximate surface area is 289 Å². The molecule has 1 aliphatic rings. The highest BCUT2D eigenvalue weighted by molar-refractivity contribution is 7.78. The fourth-order valence-electron chi connectivity index (χ4n) is 6.72. The van der Waals surface area contributed by atoms with Gasteiger partial charge in [0, 0.05) is 31.6 Å². The van der Waals surface area contributed by atoms with Crippen molar-refractivity contribution in [3.8, 4) is 11.5 Å². The van der Waals surface area contributed by atoms with E-state index in [0.29, 0.717) is 36.8 Å². The Bertz CT molecular complexity index is 2010. The molecule has 6 aromatic rings. The van der Waals surface area contributed by atoms with E-state index in [-0.39, 0.29) is 5.75 Å². The van der Waals surface area contributed by atoms with Crippen LogP contribution in [0.15, 0.2) is 97.1 Å². The lowest BCUT2D eigenvalue weighted by Gasteiger charge is -2.25. The molecule has 0 aliphatic carbocycles. The molecular formula is C39H41N5O4S. The van der Waals surface area contributed by atoms with E-state index in [1.165, 1.54) is 18.4 Å². The number of imidazole rings is 1. The summed E-state index contributed by atoms with van der Waals surface area (Å²) in [7, 11) is 3.33. The van der Waals surface area contributed by atoms with Gasteiger partial charge in [-0.2, -0.15) is 0 Å². The van der Waals surface area contributed by atoms with Gasteiger partial charge in [0.15, 0.2) is 16.9 Å². The largest absolute Gasteiger partial charge is 0.497 e. The van der Waals surface area contributed by atoms with Gasteiger partial charge >= 0.3 is 0 Å². The molecule has 3 heterocycles. The predicted octanol–water partition coefficient (Wildman–Crippen LogP) is 7.17. The van der Waals surface area contributed by atoms with Gasteiger partial charge in [-0.15, -0.1) is 0 Å². The molecule has 1 aliphatic heterocycles. The molecule has 7 rings (SSSR count). The molecule has 1 N–H and O–H groups in total. The summed E-state index contributed by atoms with van der Waals surface area (Å²) in [5.74, 6) is 2.75. The summed E-state index contributed by atoms with van der Waals surface area (Å²) in [6.45, 7) is 4.90. The van der Waals surface area contributed by atoms with Crippen LogP contribution < -0.4 is 14.4 Å². The van der Waals surface area contributed by atoms with E-state index in [4.69, 9.17) is 19.4 Å². The molecule has 0 radical (unpaired) electrons. The number of anilines is 1. The molecule has 2 aromatic heterocycles. The second-order valence-electron chi connectivity index (χ2n) is 12.6. The van der Waals surface area contributed by atoms with Crippen LogP contribution in [0, 0.1) is 0 Å². The third kappa shape index (κ3) is 7.46. The highest BCUT2D eigenvalue weighted by Crippen LogP contribution is 2.35. The maximum absolute atomic E-state index is 12.3. The standard InChI is InChI=1S/C39H41N5O4S/c1-47-32-17-13-29(14-18-32)24-43(25-30-15-19-33(48-2)20-16-30)39-37-38(34-7-3-4-8-35(34)40-39)44(36(41-37)27-49(45)46)26-31-11-9-28(10-12-31)23-42-21-5-6-22-42/h3-4,7-20H,5-6,21-27H2,1-2H3,(H,45,46). The number of nitrogens with zero attached hydrogens (tertiary/aromatic N) is 5. The number of benzene rings is 4. The Kier molecular flexibility index (Phi) is 9.88. The topological polar surface area (TPSA) is 93.0 Å². The second-order valence-corrected chi connectivity index (χ2v) is 13.5. The Hall–Kier alpha value is -4.77. The van der Waals surface area contributed by atoms with Gasteiger partial charge < -0.3 is 23.5 Å². The fourth-order valence-corrected chi connectivity index (χ4v) is 7.16. The van der Waals surface area contributed by atoms with E-state index in [1.807, 2.05) is 42.5 Å². The number of ether oxygens (including phenoxy) is 2. The van der Waals surface area contributed by atoms with E-state index in [9.17, 15) is 8.76 Å². The average molecular weight is 676 g/mol. The van der Waals surface area contributed by atoms with Crippen LogP contribution in [0.3, 0.4) is 0 Å². The smallest absolute Gasteiger partial charge is 0.160 e. The van der Waals surface area contributed by atoms with Gasteiger partial charge in [0.1, 0.15) is 28.6 Å². The van der Waals surface area contributed by atoms with Gasteiger partial charge in [-0.25, -0.2) is 14.2 Å². The molecule has 49 heavy (non-hydrogen) atoms. The highest BCUT2D eigenvalue weighted by atomic mass is 32.2. The first-order valence-corrected chi connectivity index (χ1v) is 17.9. The number of hydrogen-bond donors (Lipinski definition) is 1. The predicted molar refractivity (Wildman–Crippen MR) is 195 cm³/mol. The summed E-state index contributed by atoms with van der Waals surface area (Å²) >= 11 is -2.09. The molecule has 1 saturated heterocycles. The molecule has 252 valence electrons. The van der Waals surface area contributed by atoms with Crippen molar-refractivity contribution in [3.63, 3.8) is 0 Å². The van der Waals surface area contributed by atoms with Crippen LogP contribution in [0.25, 0.3) is 21.9 Å². The zero-order chi connectivity index (χ0) is 33.7. The summed E-state index contributed by atoms with van der Waals surface area (Å²) in [6.07, 6.45) is 2.53. The molecule has 0 amide bonds. The highest BCUT2D eigenvalue weighted by Gasteiger charge is 2.24.